The van der Waals surface area contributed by atoms with E-state index in [-0.39, 0.29) is 10.6 Å². The maximum Gasteiger partial charge on any atom is 0.271 e. The molecule has 18 heavy (non-hydrogen) atoms. The van der Waals surface area contributed by atoms with Crippen molar-refractivity contribution in [2.45, 2.75) is 25.3 Å². The summed E-state index contributed by atoms with van der Waals surface area (Å²) in [6.07, 6.45) is 4.24. The molecule has 2 bridgehead atoms. The lowest BCUT2D eigenvalue weighted by atomic mass is 10.0. The van der Waals surface area contributed by atoms with Crippen molar-refractivity contribution in [3.63, 3.8) is 0 Å². The number of nitrogens with zero attached hydrogens (tertiary/aromatic N) is 1. The van der Waals surface area contributed by atoms with Gasteiger partial charge in [-0.1, -0.05) is 6.07 Å². The first-order valence-electron chi connectivity index (χ1n) is 6.75. The first kappa shape index (κ1) is 10.4. The Morgan fingerprint density at radius 2 is 1.94 bits per heavy atom. The van der Waals surface area contributed by atoms with Crippen molar-refractivity contribution in [2.75, 3.05) is 5.32 Å². The van der Waals surface area contributed by atoms with Gasteiger partial charge < -0.3 is 5.32 Å². The normalized spacial score (nSPS) is 39.4. The predicted octanol–water partition coefficient (Wildman–Crippen LogP) is 3.05. The van der Waals surface area contributed by atoms with Crippen LogP contribution in [0.1, 0.15) is 19.3 Å². The second-order valence-corrected chi connectivity index (χ2v) is 5.97. The fraction of sp³-hybridized carbons (Fsp3) is 0.571. The highest BCUT2D eigenvalue weighted by atomic mass is 16.6. The van der Waals surface area contributed by atoms with Gasteiger partial charge in [0.15, 0.2) is 0 Å². The zero-order valence-electron chi connectivity index (χ0n) is 10.1. The third-order valence-electron chi connectivity index (χ3n) is 5.13. The molecule has 4 nitrogen and oxygen atoms in total. The van der Waals surface area contributed by atoms with Crippen LogP contribution in [0.4, 0.5) is 11.4 Å². The Morgan fingerprint density at radius 1 is 1.22 bits per heavy atom. The molecule has 3 saturated carbocycles. The predicted molar refractivity (Wildman–Crippen MR) is 68.3 cm³/mol. The third-order valence-corrected chi connectivity index (χ3v) is 5.13. The summed E-state index contributed by atoms with van der Waals surface area (Å²) in [7, 11) is 0. The molecule has 3 fully saturated rings. The highest BCUT2D eigenvalue weighted by molar-refractivity contribution is 5.53. The van der Waals surface area contributed by atoms with Gasteiger partial charge in [0, 0.05) is 23.9 Å². The molecule has 0 saturated heterocycles. The van der Waals surface area contributed by atoms with Crippen LogP contribution in [0.25, 0.3) is 0 Å². The SMILES string of the molecule is O=[N+]([O-])c1cccc(NC2C3C4CCC(C4)C23)c1. The van der Waals surface area contributed by atoms with Crippen molar-refractivity contribution in [1.82, 2.24) is 0 Å². The summed E-state index contributed by atoms with van der Waals surface area (Å²) in [6.45, 7) is 0. The Hall–Kier alpha value is -1.58. The van der Waals surface area contributed by atoms with Crippen LogP contribution in [-0.2, 0) is 0 Å². The van der Waals surface area contributed by atoms with Crippen LogP contribution in [0.15, 0.2) is 24.3 Å². The fourth-order valence-corrected chi connectivity index (χ4v) is 4.42. The van der Waals surface area contributed by atoms with E-state index in [9.17, 15) is 10.1 Å². The Morgan fingerprint density at radius 3 is 2.61 bits per heavy atom. The van der Waals surface area contributed by atoms with Gasteiger partial charge >= 0.3 is 0 Å². The van der Waals surface area contributed by atoms with Gasteiger partial charge in [-0.2, -0.15) is 0 Å². The molecule has 3 aliphatic carbocycles. The first-order valence-corrected chi connectivity index (χ1v) is 6.75. The van der Waals surface area contributed by atoms with E-state index in [1.54, 1.807) is 18.2 Å². The molecule has 4 atom stereocenters. The van der Waals surface area contributed by atoms with Crippen LogP contribution < -0.4 is 5.32 Å². The number of fused-ring (bicyclic) bond motifs is 5. The van der Waals surface area contributed by atoms with E-state index in [0.29, 0.717) is 6.04 Å². The molecule has 0 amide bonds. The molecule has 0 radical (unpaired) electrons. The number of non-ortho nitro benzene ring substituents is 1. The average molecular weight is 244 g/mol. The first-order chi connectivity index (χ1) is 8.74. The van der Waals surface area contributed by atoms with Gasteiger partial charge in [-0.15, -0.1) is 0 Å². The second kappa shape index (κ2) is 3.46. The zero-order chi connectivity index (χ0) is 12.3. The van der Waals surface area contributed by atoms with Gasteiger partial charge in [0.05, 0.1) is 4.92 Å². The van der Waals surface area contributed by atoms with E-state index in [1.165, 1.54) is 19.3 Å². The van der Waals surface area contributed by atoms with Crippen LogP contribution in [0.5, 0.6) is 0 Å². The molecule has 0 heterocycles. The monoisotopic (exact) mass is 244 g/mol. The molecule has 0 spiro atoms. The van der Waals surface area contributed by atoms with Gasteiger partial charge in [0.2, 0.25) is 0 Å². The summed E-state index contributed by atoms with van der Waals surface area (Å²) in [6, 6.07) is 7.47. The molecular formula is C14H16N2O2. The van der Waals surface area contributed by atoms with Gasteiger partial charge in [0.1, 0.15) is 0 Å². The summed E-state index contributed by atoms with van der Waals surface area (Å²) in [4.78, 5) is 10.4. The highest BCUT2D eigenvalue weighted by Crippen LogP contribution is 2.66. The van der Waals surface area contributed by atoms with E-state index >= 15 is 0 Å². The van der Waals surface area contributed by atoms with Crippen molar-refractivity contribution in [3.8, 4) is 0 Å². The van der Waals surface area contributed by atoms with Gasteiger partial charge in [-0.05, 0) is 49.0 Å². The minimum Gasteiger partial charge on any atom is -0.382 e. The molecule has 94 valence electrons. The summed E-state index contributed by atoms with van der Waals surface area (Å²) in [5.41, 5.74) is 1.08. The van der Waals surface area contributed by atoms with E-state index < -0.39 is 0 Å². The molecule has 3 aliphatic rings. The summed E-state index contributed by atoms with van der Waals surface area (Å²) in [5, 5.41) is 14.3. The second-order valence-electron chi connectivity index (χ2n) is 5.97. The van der Waals surface area contributed by atoms with Gasteiger partial charge in [-0.25, -0.2) is 0 Å². The minimum absolute atomic E-state index is 0.175. The molecule has 4 rings (SSSR count). The molecule has 4 unspecified atom stereocenters. The van der Waals surface area contributed by atoms with Gasteiger partial charge in [-0.3, -0.25) is 10.1 Å². The van der Waals surface area contributed by atoms with Crippen molar-refractivity contribution in [2.24, 2.45) is 23.7 Å². The number of rotatable bonds is 3. The maximum atomic E-state index is 10.7. The smallest absolute Gasteiger partial charge is 0.271 e. The van der Waals surface area contributed by atoms with Crippen LogP contribution in [0.3, 0.4) is 0 Å². The number of hydrogen-bond donors (Lipinski definition) is 1. The lowest BCUT2D eigenvalue weighted by Gasteiger charge is -2.11. The standard InChI is InChI=1S/C14H16N2O2/c17-16(18)11-3-1-2-10(7-11)15-14-12-8-4-5-9(6-8)13(12)14/h1-3,7-9,12-15H,4-6H2. The Bertz CT molecular complexity index is 500. The van der Waals surface area contributed by atoms with Crippen LogP contribution in [0, 0.1) is 33.8 Å². The van der Waals surface area contributed by atoms with Crippen LogP contribution in [0.2, 0.25) is 0 Å². The largest absolute Gasteiger partial charge is 0.382 e. The Balaban J connectivity index is 1.50. The lowest BCUT2D eigenvalue weighted by molar-refractivity contribution is -0.384. The quantitative estimate of drug-likeness (QED) is 0.656. The number of hydrogen-bond acceptors (Lipinski definition) is 3. The molecule has 1 N–H and O–H groups in total. The highest BCUT2D eigenvalue weighted by Gasteiger charge is 2.64. The fourth-order valence-electron chi connectivity index (χ4n) is 4.42. The molecule has 1 aromatic carbocycles. The maximum absolute atomic E-state index is 10.7. The summed E-state index contributed by atoms with van der Waals surface area (Å²) >= 11 is 0. The molecule has 4 heteroatoms. The van der Waals surface area contributed by atoms with Crippen molar-refractivity contribution < 1.29 is 4.92 Å². The lowest BCUT2D eigenvalue weighted by Crippen LogP contribution is -2.12. The third kappa shape index (κ3) is 1.38. The Labute approximate surface area is 106 Å². The number of nitro benzene ring substituents is 1. The van der Waals surface area contributed by atoms with Gasteiger partial charge in [0.25, 0.3) is 5.69 Å². The molecular weight excluding hydrogens is 228 g/mol. The van der Waals surface area contributed by atoms with Crippen LogP contribution >= 0.6 is 0 Å². The van der Waals surface area contributed by atoms with E-state index in [2.05, 4.69) is 5.32 Å². The van der Waals surface area contributed by atoms with Crippen molar-refractivity contribution >= 4 is 11.4 Å². The number of nitro groups is 1. The molecule has 0 aliphatic heterocycles. The summed E-state index contributed by atoms with van der Waals surface area (Å²) < 4.78 is 0. The topological polar surface area (TPSA) is 55.2 Å². The number of benzene rings is 1. The Kier molecular flexibility index (Phi) is 1.99. The van der Waals surface area contributed by atoms with Crippen molar-refractivity contribution in [1.29, 1.82) is 0 Å². The number of nitrogens with one attached hydrogen (secondary N) is 1. The zero-order valence-corrected chi connectivity index (χ0v) is 10.1. The van der Waals surface area contributed by atoms with E-state index in [0.717, 1.165) is 29.4 Å². The molecule has 0 aromatic heterocycles. The van der Waals surface area contributed by atoms with E-state index in [1.807, 2.05) is 6.07 Å². The van der Waals surface area contributed by atoms with Crippen molar-refractivity contribution in [3.05, 3.63) is 34.4 Å². The summed E-state index contributed by atoms with van der Waals surface area (Å²) in [5.74, 6) is 3.55. The minimum atomic E-state index is -0.331. The average Bonchev–Trinajstić information content (AvgIpc) is 2.77. The van der Waals surface area contributed by atoms with Crippen LogP contribution in [-0.4, -0.2) is 11.0 Å². The molecule has 1 aromatic rings. The number of anilines is 1. The van der Waals surface area contributed by atoms with E-state index in [4.69, 9.17) is 0 Å².